The molecule has 4 heteroatoms. The number of hydrogen-bond donors (Lipinski definition) is 1. The number of aromatic hydroxyl groups is 1. The third kappa shape index (κ3) is 2.90. The molecule has 0 amide bonds. The largest absolute Gasteiger partial charge is 0.504 e. The zero-order valence-electron chi connectivity index (χ0n) is 11.8. The quantitative estimate of drug-likeness (QED) is 0.774. The molecule has 3 nitrogen and oxygen atoms in total. The maximum absolute atomic E-state index is 9.76. The lowest BCUT2D eigenvalue weighted by Crippen LogP contribution is -1.83. The van der Waals surface area contributed by atoms with Crippen molar-refractivity contribution in [2.75, 3.05) is 7.11 Å². The Kier molecular flexibility index (Phi) is 3.62. The summed E-state index contributed by atoms with van der Waals surface area (Å²) in [5.41, 5.74) is 3.14. The topological polar surface area (TPSA) is 42.4 Å². The zero-order chi connectivity index (χ0) is 14.8. The van der Waals surface area contributed by atoms with Gasteiger partial charge in [0.15, 0.2) is 11.5 Å². The summed E-state index contributed by atoms with van der Waals surface area (Å²) in [6.45, 7) is 2.06. The average molecular weight is 297 g/mol. The van der Waals surface area contributed by atoms with E-state index in [9.17, 15) is 5.11 Å². The molecule has 21 heavy (non-hydrogen) atoms. The second-order valence-corrected chi connectivity index (χ2v) is 5.85. The van der Waals surface area contributed by atoms with Gasteiger partial charge < -0.3 is 9.84 Å². The molecular formula is C17H15NO2S. The molecule has 0 aliphatic rings. The third-order valence-corrected chi connectivity index (χ3v) is 4.18. The first-order chi connectivity index (χ1) is 10.2. The van der Waals surface area contributed by atoms with E-state index >= 15 is 0 Å². The van der Waals surface area contributed by atoms with Gasteiger partial charge in [-0.1, -0.05) is 18.2 Å². The van der Waals surface area contributed by atoms with E-state index in [0.29, 0.717) is 5.75 Å². The highest BCUT2D eigenvalue weighted by atomic mass is 32.1. The van der Waals surface area contributed by atoms with Crippen LogP contribution in [0.3, 0.4) is 0 Å². The fraction of sp³-hybridized carbons (Fsp3) is 0.118. The van der Waals surface area contributed by atoms with Crippen LogP contribution in [0.1, 0.15) is 16.1 Å². The highest BCUT2D eigenvalue weighted by Crippen LogP contribution is 2.28. The number of nitrogens with zero attached hydrogens (tertiary/aromatic N) is 1. The Bertz CT molecular complexity index is 821. The molecule has 0 spiro atoms. The number of hydrogen-bond acceptors (Lipinski definition) is 4. The molecule has 106 valence electrons. The van der Waals surface area contributed by atoms with Crippen LogP contribution in [-0.2, 0) is 0 Å². The van der Waals surface area contributed by atoms with Crippen molar-refractivity contribution in [3.63, 3.8) is 0 Å². The monoisotopic (exact) mass is 297 g/mol. The Labute approximate surface area is 127 Å². The molecule has 0 fully saturated rings. The van der Waals surface area contributed by atoms with Gasteiger partial charge in [0.05, 0.1) is 17.3 Å². The van der Waals surface area contributed by atoms with E-state index in [-0.39, 0.29) is 5.75 Å². The minimum Gasteiger partial charge on any atom is -0.504 e. The van der Waals surface area contributed by atoms with Crippen LogP contribution in [0, 0.1) is 6.92 Å². The Balaban J connectivity index is 1.88. The molecular weight excluding hydrogens is 282 g/mol. The molecule has 0 aliphatic carbocycles. The van der Waals surface area contributed by atoms with E-state index in [1.165, 1.54) is 17.4 Å². The van der Waals surface area contributed by atoms with E-state index in [1.807, 2.05) is 18.2 Å². The van der Waals surface area contributed by atoms with Gasteiger partial charge in [-0.15, -0.1) is 11.3 Å². The van der Waals surface area contributed by atoms with E-state index in [0.717, 1.165) is 16.1 Å². The second-order valence-electron chi connectivity index (χ2n) is 4.79. The molecule has 1 aromatic heterocycles. The predicted octanol–water partition coefficient (Wildman–Crippen LogP) is 4.49. The van der Waals surface area contributed by atoms with Crippen molar-refractivity contribution in [3.8, 4) is 11.5 Å². The molecule has 0 saturated carbocycles. The second kappa shape index (κ2) is 5.58. The number of aryl methyl sites for hydroxylation is 1. The first-order valence-corrected chi connectivity index (χ1v) is 7.39. The van der Waals surface area contributed by atoms with E-state index in [4.69, 9.17) is 4.74 Å². The Morgan fingerprint density at radius 1 is 1.14 bits per heavy atom. The molecule has 0 aliphatic heterocycles. The van der Waals surface area contributed by atoms with Crippen molar-refractivity contribution in [1.29, 1.82) is 0 Å². The van der Waals surface area contributed by atoms with Gasteiger partial charge in [0, 0.05) is 0 Å². The smallest absolute Gasteiger partial charge is 0.160 e. The number of phenolic OH excluding ortho intramolecular Hbond substituents is 1. The summed E-state index contributed by atoms with van der Waals surface area (Å²) in [5.74, 6) is 0.613. The number of methoxy groups -OCH3 is 1. The maximum Gasteiger partial charge on any atom is 0.160 e. The zero-order valence-corrected chi connectivity index (χ0v) is 12.6. The number of ether oxygens (including phenoxy) is 1. The Morgan fingerprint density at radius 2 is 2.00 bits per heavy atom. The summed E-state index contributed by atoms with van der Waals surface area (Å²) < 4.78 is 6.21. The number of rotatable bonds is 3. The first kappa shape index (κ1) is 13.6. The van der Waals surface area contributed by atoms with Gasteiger partial charge in [0.25, 0.3) is 0 Å². The van der Waals surface area contributed by atoms with Gasteiger partial charge >= 0.3 is 0 Å². The highest BCUT2D eigenvalue weighted by molar-refractivity contribution is 7.19. The minimum absolute atomic E-state index is 0.138. The molecule has 1 N–H and O–H groups in total. The van der Waals surface area contributed by atoms with Crippen LogP contribution in [0.25, 0.3) is 22.4 Å². The number of fused-ring (bicyclic) bond motifs is 1. The van der Waals surface area contributed by atoms with Crippen LogP contribution in [0.4, 0.5) is 0 Å². The number of thiazole rings is 1. The minimum atomic E-state index is 0.138. The lowest BCUT2D eigenvalue weighted by atomic mass is 10.2. The standard InChI is InChI=1S/C17H15NO2S/c1-11-3-7-16-13(9-11)18-17(21-16)8-5-12-4-6-15(20-2)14(19)10-12/h3-10,19H,1-2H3/b8-5+. The van der Waals surface area contributed by atoms with E-state index < -0.39 is 0 Å². The molecule has 1 heterocycles. The van der Waals surface area contributed by atoms with Crippen molar-refractivity contribution in [3.05, 3.63) is 52.5 Å². The molecule has 3 aromatic rings. The third-order valence-electron chi connectivity index (χ3n) is 3.18. The van der Waals surface area contributed by atoms with E-state index in [2.05, 4.69) is 30.1 Å². The predicted molar refractivity (Wildman–Crippen MR) is 87.9 cm³/mol. The molecule has 0 bridgehead atoms. The van der Waals surface area contributed by atoms with Gasteiger partial charge in [-0.2, -0.15) is 0 Å². The summed E-state index contributed by atoms with van der Waals surface area (Å²) in [4.78, 5) is 4.59. The molecule has 0 atom stereocenters. The van der Waals surface area contributed by atoms with Crippen molar-refractivity contribution >= 4 is 33.7 Å². The Hall–Kier alpha value is -2.33. The summed E-state index contributed by atoms with van der Waals surface area (Å²) in [7, 11) is 1.54. The van der Waals surface area contributed by atoms with Gasteiger partial charge in [0.2, 0.25) is 0 Å². The molecule has 3 rings (SSSR count). The van der Waals surface area contributed by atoms with E-state index in [1.54, 1.807) is 23.5 Å². The molecule has 2 aromatic carbocycles. The summed E-state index contributed by atoms with van der Waals surface area (Å²) in [6, 6.07) is 11.6. The Morgan fingerprint density at radius 3 is 2.76 bits per heavy atom. The van der Waals surface area contributed by atoms with Crippen LogP contribution in [0.5, 0.6) is 11.5 Å². The van der Waals surface area contributed by atoms with Gasteiger partial charge in [0.1, 0.15) is 5.01 Å². The lowest BCUT2D eigenvalue weighted by Gasteiger charge is -2.02. The average Bonchev–Trinajstić information content (AvgIpc) is 2.87. The molecule has 0 unspecified atom stereocenters. The van der Waals surface area contributed by atoms with Crippen LogP contribution in [0.2, 0.25) is 0 Å². The number of aromatic nitrogens is 1. The number of phenols is 1. The van der Waals surface area contributed by atoms with Crippen LogP contribution < -0.4 is 4.74 Å². The van der Waals surface area contributed by atoms with Crippen molar-refractivity contribution in [1.82, 2.24) is 4.98 Å². The fourth-order valence-corrected chi connectivity index (χ4v) is 2.96. The van der Waals surface area contributed by atoms with Gasteiger partial charge in [-0.05, 0) is 48.4 Å². The maximum atomic E-state index is 9.76. The van der Waals surface area contributed by atoms with Crippen LogP contribution >= 0.6 is 11.3 Å². The lowest BCUT2D eigenvalue weighted by molar-refractivity contribution is 0.373. The first-order valence-electron chi connectivity index (χ1n) is 6.58. The number of benzene rings is 2. The fourth-order valence-electron chi connectivity index (χ4n) is 2.10. The molecule has 0 saturated heterocycles. The molecule has 0 radical (unpaired) electrons. The van der Waals surface area contributed by atoms with Crippen LogP contribution in [0.15, 0.2) is 36.4 Å². The highest BCUT2D eigenvalue weighted by Gasteiger charge is 2.02. The van der Waals surface area contributed by atoms with Crippen molar-refractivity contribution in [2.45, 2.75) is 6.92 Å². The summed E-state index contributed by atoms with van der Waals surface area (Å²) in [6.07, 6.45) is 3.89. The SMILES string of the molecule is COc1ccc(/C=C/c2nc3cc(C)ccc3s2)cc1O. The van der Waals surface area contributed by atoms with Gasteiger partial charge in [-0.3, -0.25) is 0 Å². The summed E-state index contributed by atoms with van der Waals surface area (Å²) >= 11 is 1.65. The van der Waals surface area contributed by atoms with Crippen molar-refractivity contribution < 1.29 is 9.84 Å². The van der Waals surface area contributed by atoms with Gasteiger partial charge in [-0.25, -0.2) is 4.98 Å². The van der Waals surface area contributed by atoms with Crippen molar-refractivity contribution in [2.24, 2.45) is 0 Å². The van der Waals surface area contributed by atoms with Crippen LogP contribution in [-0.4, -0.2) is 17.2 Å². The normalized spacial score (nSPS) is 11.3. The summed E-state index contributed by atoms with van der Waals surface area (Å²) in [5, 5.41) is 10.7.